The topological polar surface area (TPSA) is 0 Å². The molecule has 0 radical (unpaired) electrons. The smallest absolute Gasteiger partial charge is 0.0132 e. The van der Waals surface area contributed by atoms with Crippen LogP contribution in [0.4, 0.5) is 0 Å². The summed E-state index contributed by atoms with van der Waals surface area (Å²) in [6, 6.07) is 17.9. The highest BCUT2D eigenvalue weighted by molar-refractivity contribution is 6.92. The lowest BCUT2D eigenvalue weighted by atomic mass is 9.85. The minimum Gasteiger partial charge on any atom is -0.153 e. The molecular weight excluding hydrogens is 271 g/mol. The van der Waals surface area contributed by atoms with Gasteiger partial charge >= 0.3 is 0 Å². The monoisotopic (exact) mass is 300 g/mol. The molecule has 114 valence electrons. The molecule has 0 aliphatic carbocycles. The van der Waals surface area contributed by atoms with Gasteiger partial charge in [-0.25, -0.2) is 0 Å². The van der Waals surface area contributed by atoms with E-state index in [2.05, 4.69) is 90.1 Å². The second-order valence-corrected chi connectivity index (χ2v) is 7.65. The van der Waals surface area contributed by atoms with Crippen LogP contribution >= 0.6 is 9.90 Å². The number of hydrogen-bond donors (Lipinski definition) is 0. The van der Waals surface area contributed by atoms with E-state index in [-0.39, 0.29) is 20.7 Å². The fourth-order valence-corrected chi connectivity index (χ4v) is 2.33. The van der Waals surface area contributed by atoms with Crippen LogP contribution in [0, 0.1) is 0 Å². The van der Waals surface area contributed by atoms with Crippen molar-refractivity contribution >= 4 is 9.90 Å². The van der Waals surface area contributed by atoms with Crippen molar-refractivity contribution in [1.82, 2.24) is 0 Å². The van der Waals surface area contributed by atoms with Crippen molar-refractivity contribution in [2.24, 2.45) is 0 Å². The van der Waals surface area contributed by atoms with Gasteiger partial charge in [0.25, 0.3) is 0 Å². The van der Waals surface area contributed by atoms with E-state index < -0.39 is 0 Å². The van der Waals surface area contributed by atoms with Crippen LogP contribution in [0.2, 0.25) is 0 Å². The zero-order valence-corrected chi connectivity index (χ0v) is 15.7. The van der Waals surface area contributed by atoms with Crippen LogP contribution in [-0.4, -0.2) is 0 Å². The van der Waals surface area contributed by atoms with Gasteiger partial charge in [-0.3, -0.25) is 0 Å². The molecule has 1 heteroatoms. The lowest BCUT2D eigenvalue weighted by Gasteiger charge is -2.20. The Hall–Kier alpha value is -1.13. The Kier molecular flexibility index (Phi) is 5.40. The van der Waals surface area contributed by atoms with Crippen LogP contribution in [0.15, 0.2) is 48.5 Å². The summed E-state index contributed by atoms with van der Waals surface area (Å²) >= 11 is 0. The molecule has 1 unspecified atom stereocenters. The van der Waals surface area contributed by atoms with Gasteiger partial charge < -0.3 is 0 Å². The van der Waals surface area contributed by atoms with Crippen molar-refractivity contribution < 1.29 is 0 Å². The van der Waals surface area contributed by atoms with Gasteiger partial charge in [-0.05, 0) is 33.1 Å². The summed E-state index contributed by atoms with van der Waals surface area (Å²) in [5, 5.41) is 0. The molecule has 0 aliphatic heterocycles. The van der Waals surface area contributed by atoms with Crippen molar-refractivity contribution in [3.05, 3.63) is 59.7 Å². The zero-order valence-electron chi connectivity index (χ0n) is 14.3. The highest BCUT2D eigenvalue weighted by atomic mass is 31.0. The van der Waals surface area contributed by atoms with Crippen molar-refractivity contribution in [3.63, 3.8) is 0 Å². The van der Waals surface area contributed by atoms with Crippen LogP contribution in [0.25, 0.3) is 11.1 Å². The third-order valence-corrected chi connectivity index (χ3v) is 3.84. The number of rotatable bonds is 1. The molecule has 2 aromatic rings. The zero-order chi connectivity index (χ0) is 15.0. The second-order valence-electron chi connectivity index (χ2n) is 7.65. The average Bonchev–Trinajstić information content (AvgIpc) is 2.37. The first-order chi connectivity index (χ1) is 9.18. The molecule has 21 heavy (non-hydrogen) atoms. The maximum absolute atomic E-state index is 2.25. The summed E-state index contributed by atoms with van der Waals surface area (Å²) in [4.78, 5) is 0. The molecule has 0 amide bonds. The molecule has 2 aromatic carbocycles. The Labute approximate surface area is 133 Å². The lowest BCUT2D eigenvalue weighted by molar-refractivity contribution is 0.590. The minimum atomic E-state index is 0. The Morgan fingerprint density at radius 2 is 0.714 bits per heavy atom. The Balaban J connectivity index is 0.00000220. The molecule has 0 fully saturated rings. The first-order valence-corrected chi connectivity index (χ1v) is 7.39. The summed E-state index contributed by atoms with van der Waals surface area (Å²) in [5.41, 5.74) is 5.78. The summed E-state index contributed by atoms with van der Waals surface area (Å²) in [6.45, 7) is 13.5. The van der Waals surface area contributed by atoms with Gasteiger partial charge in [-0.1, -0.05) is 90.1 Å². The molecule has 0 heterocycles. The highest BCUT2D eigenvalue weighted by Gasteiger charge is 2.14. The first-order valence-electron chi connectivity index (χ1n) is 7.39. The number of benzene rings is 2. The molecule has 0 bridgehead atoms. The van der Waals surface area contributed by atoms with Crippen molar-refractivity contribution in [2.45, 2.75) is 52.4 Å². The highest BCUT2D eigenvalue weighted by Crippen LogP contribution is 2.28. The van der Waals surface area contributed by atoms with Crippen LogP contribution in [0.3, 0.4) is 0 Å². The Bertz CT molecular complexity index is 508. The molecule has 1 atom stereocenters. The second kappa shape index (κ2) is 6.32. The quantitative estimate of drug-likeness (QED) is 0.566. The molecule has 2 rings (SSSR count). The lowest BCUT2D eigenvalue weighted by Crippen LogP contribution is -2.10. The third kappa shape index (κ3) is 4.42. The summed E-state index contributed by atoms with van der Waals surface area (Å²) in [7, 11) is 0. The van der Waals surface area contributed by atoms with E-state index >= 15 is 0 Å². The summed E-state index contributed by atoms with van der Waals surface area (Å²) in [5.74, 6) is 0. The predicted octanol–water partition coefficient (Wildman–Crippen LogP) is 6.01. The van der Waals surface area contributed by atoms with Crippen LogP contribution in [0.5, 0.6) is 0 Å². The van der Waals surface area contributed by atoms with Crippen molar-refractivity contribution in [2.75, 3.05) is 0 Å². The number of hydrogen-bond acceptors (Lipinski definition) is 0. The van der Waals surface area contributed by atoms with Crippen LogP contribution < -0.4 is 0 Å². The molecule has 0 saturated carbocycles. The van der Waals surface area contributed by atoms with E-state index in [1.54, 1.807) is 0 Å². The SMILES string of the molecule is CC(C)(C)c1ccc(-c2ccc(C(C)(C)C)cc2)cc1.P. The van der Waals surface area contributed by atoms with Gasteiger partial charge in [-0.15, -0.1) is 0 Å². The van der Waals surface area contributed by atoms with Gasteiger partial charge in [0.1, 0.15) is 0 Å². The molecule has 0 nitrogen and oxygen atoms in total. The summed E-state index contributed by atoms with van der Waals surface area (Å²) < 4.78 is 0. The normalized spacial score (nSPS) is 11.9. The largest absolute Gasteiger partial charge is 0.153 e. The van der Waals surface area contributed by atoms with E-state index in [1.165, 1.54) is 22.3 Å². The molecule has 0 spiro atoms. The Morgan fingerprint density at radius 3 is 0.905 bits per heavy atom. The third-order valence-electron chi connectivity index (χ3n) is 3.84. The van der Waals surface area contributed by atoms with E-state index in [9.17, 15) is 0 Å². The minimum absolute atomic E-state index is 0. The van der Waals surface area contributed by atoms with E-state index in [0.717, 1.165) is 0 Å². The molecule has 0 aliphatic rings. The molecule has 0 aromatic heterocycles. The van der Waals surface area contributed by atoms with Gasteiger partial charge in [0.05, 0.1) is 0 Å². The van der Waals surface area contributed by atoms with E-state index in [1.807, 2.05) is 0 Å². The average molecular weight is 300 g/mol. The standard InChI is InChI=1S/C20H26.H3P/c1-19(2,3)17-11-7-15(8-12-17)16-9-13-18(14-10-16)20(4,5)6;/h7-14H,1-6H3;1H3. The fraction of sp³-hybridized carbons (Fsp3) is 0.400. The fourth-order valence-electron chi connectivity index (χ4n) is 2.33. The maximum atomic E-state index is 2.25. The van der Waals surface area contributed by atoms with E-state index in [4.69, 9.17) is 0 Å². The molecule has 0 N–H and O–H groups in total. The van der Waals surface area contributed by atoms with Crippen molar-refractivity contribution in [3.8, 4) is 11.1 Å². The van der Waals surface area contributed by atoms with E-state index in [0.29, 0.717) is 0 Å². The molecule has 0 saturated heterocycles. The van der Waals surface area contributed by atoms with Gasteiger partial charge in [0.2, 0.25) is 0 Å². The maximum Gasteiger partial charge on any atom is -0.0132 e. The Morgan fingerprint density at radius 1 is 0.476 bits per heavy atom. The predicted molar refractivity (Wildman–Crippen MR) is 100 cm³/mol. The van der Waals surface area contributed by atoms with Crippen LogP contribution in [-0.2, 0) is 10.8 Å². The van der Waals surface area contributed by atoms with Gasteiger partial charge in [-0.2, -0.15) is 9.90 Å². The van der Waals surface area contributed by atoms with Crippen LogP contribution in [0.1, 0.15) is 52.7 Å². The van der Waals surface area contributed by atoms with Gasteiger partial charge in [0.15, 0.2) is 0 Å². The van der Waals surface area contributed by atoms with Gasteiger partial charge in [0, 0.05) is 0 Å². The molecular formula is C20H29P. The van der Waals surface area contributed by atoms with Crippen molar-refractivity contribution in [1.29, 1.82) is 0 Å². The first kappa shape index (κ1) is 17.9. The summed E-state index contributed by atoms with van der Waals surface area (Å²) in [6.07, 6.45) is 0.